The number of methoxy groups -OCH3 is 1. The fourth-order valence-corrected chi connectivity index (χ4v) is 0.967. The van der Waals surface area contributed by atoms with Crippen LogP contribution in [0.25, 0.3) is 0 Å². The van der Waals surface area contributed by atoms with Crippen molar-refractivity contribution in [2.24, 2.45) is 0 Å². The van der Waals surface area contributed by atoms with Crippen LogP contribution in [0, 0.1) is 11.6 Å². The molecule has 0 aliphatic heterocycles. The molecular formula is C9H9F2NO2. The first kappa shape index (κ1) is 10.4. The quantitative estimate of drug-likeness (QED) is 0.579. The van der Waals surface area contributed by atoms with E-state index in [0.717, 1.165) is 12.1 Å². The fourth-order valence-electron chi connectivity index (χ4n) is 0.967. The van der Waals surface area contributed by atoms with E-state index in [4.69, 9.17) is 5.73 Å². The Bertz CT molecular complexity index is 366. The Hall–Kier alpha value is -1.65. The van der Waals surface area contributed by atoms with Crippen LogP contribution in [0.5, 0.6) is 0 Å². The standard InChI is InChI=1S/C9H9F2NO2/c1-14-9(13)3-5-2-7(11)8(12)4-6(5)10/h2,4H,3,12H2,1H3. The minimum Gasteiger partial charge on any atom is -0.469 e. The molecule has 1 rings (SSSR count). The van der Waals surface area contributed by atoms with Gasteiger partial charge in [-0.05, 0) is 6.07 Å². The molecule has 0 heterocycles. The summed E-state index contributed by atoms with van der Waals surface area (Å²) in [7, 11) is 1.17. The second-order valence-electron chi connectivity index (χ2n) is 2.72. The van der Waals surface area contributed by atoms with Crippen LogP contribution in [-0.2, 0) is 16.0 Å². The molecule has 0 unspecified atom stereocenters. The molecule has 0 aromatic heterocycles. The third-order valence-corrected chi connectivity index (χ3v) is 1.73. The highest BCUT2D eigenvalue weighted by atomic mass is 19.1. The van der Waals surface area contributed by atoms with Crippen molar-refractivity contribution in [3.63, 3.8) is 0 Å². The highest BCUT2D eigenvalue weighted by Crippen LogP contribution is 2.17. The van der Waals surface area contributed by atoms with Gasteiger partial charge in [0.15, 0.2) is 0 Å². The zero-order valence-electron chi connectivity index (χ0n) is 7.51. The summed E-state index contributed by atoms with van der Waals surface area (Å²) in [4.78, 5) is 10.8. The lowest BCUT2D eigenvalue weighted by Gasteiger charge is -2.03. The molecule has 0 saturated heterocycles. The summed E-state index contributed by atoms with van der Waals surface area (Å²) in [5.74, 6) is -2.09. The fraction of sp³-hybridized carbons (Fsp3) is 0.222. The number of hydrogen-bond acceptors (Lipinski definition) is 3. The minimum atomic E-state index is -0.745. The second kappa shape index (κ2) is 4.04. The van der Waals surface area contributed by atoms with Crippen LogP contribution < -0.4 is 5.73 Å². The number of nitrogen functional groups attached to an aromatic ring is 1. The van der Waals surface area contributed by atoms with Crippen LogP contribution in [0.3, 0.4) is 0 Å². The maximum absolute atomic E-state index is 13.1. The summed E-state index contributed by atoms with van der Waals surface area (Å²) in [5.41, 5.74) is 4.77. The van der Waals surface area contributed by atoms with E-state index in [-0.39, 0.29) is 17.7 Å². The Labute approximate surface area is 79.5 Å². The minimum absolute atomic E-state index is 0.0662. The van der Waals surface area contributed by atoms with Gasteiger partial charge in [0.1, 0.15) is 11.6 Å². The molecule has 3 nitrogen and oxygen atoms in total. The van der Waals surface area contributed by atoms with Crippen molar-refractivity contribution in [3.8, 4) is 0 Å². The zero-order valence-corrected chi connectivity index (χ0v) is 7.51. The van der Waals surface area contributed by atoms with Gasteiger partial charge in [0, 0.05) is 11.6 Å². The number of benzene rings is 1. The molecule has 0 amide bonds. The Morgan fingerprint density at radius 1 is 1.43 bits per heavy atom. The molecule has 0 bridgehead atoms. The average molecular weight is 201 g/mol. The lowest BCUT2D eigenvalue weighted by molar-refractivity contribution is -0.139. The molecule has 0 saturated carbocycles. The Morgan fingerprint density at radius 3 is 2.64 bits per heavy atom. The molecule has 0 aliphatic rings. The molecule has 1 aromatic rings. The predicted molar refractivity (Wildman–Crippen MR) is 46.5 cm³/mol. The first-order valence-corrected chi connectivity index (χ1v) is 3.84. The van der Waals surface area contributed by atoms with Crippen molar-refractivity contribution >= 4 is 11.7 Å². The van der Waals surface area contributed by atoms with Gasteiger partial charge in [0.25, 0.3) is 0 Å². The van der Waals surface area contributed by atoms with Crippen molar-refractivity contribution in [1.29, 1.82) is 0 Å². The molecule has 76 valence electrons. The molecule has 0 atom stereocenters. The number of halogens is 2. The summed E-state index contributed by atoms with van der Waals surface area (Å²) in [6.45, 7) is 0. The van der Waals surface area contributed by atoms with Crippen molar-refractivity contribution in [3.05, 3.63) is 29.3 Å². The molecule has 1 aromatic carbocycles. The molecule has 5 heteroatoms. The van der Waals surface area contributed by atoms with E-state index in [1.54, 1.807) is 0 Å². The molecular weight excluding hydrogens is 192 g/mol. The molecule has 14 heavy (non-hydrogen) atoms. The van der Waals surface area contributed by atoms with Crippen molar-refractivity contribution in [2.75, 3.05) is 12.8 Å². The van der Waals surface area contributed by atoms with Crippen LogP contribution in [-0.4, -0.2) is 13.1 Å². The summed E-state index contributed by atoms with van der Waals surface area (Å²) in [6, 6.07) is 1.73. The number of ether oxygens (including phenoxy) is 1. The van der Waals surface area contributed by atoms with Gasteiger partial charge >= 0.3 is 5.97 Å². The number of anilines is 1. The lowest BCUT2D eigenvalue weighted by atomic mass is 10.1. The van der Waals surface area contributed by atoms with Gasteiger partial charge in [-0.25, -0.2) is 8.78 Å². The van der Waals surface area contributed by atoms with E-state index in [1.807, 2.05) is 0 Å². The van der Waals surface area contributed by atoms with Crippen molar-refractivity contribution in [2.45, 2.75) is 6.42 Å². The number of carbonyl (C=O) groups is 1. The number of hydrogen-bond donors (Lipinski definition) is 1. The molecule has 0 fully saturated rings. The predicted octanol–water partition coefficient (Wildman–Crippen LogP) is 1.26. The first-order valence-electron chi connectivity index (χ1n) is 3.84. The van der Waals surface area contributed by atoms with Gasteiger partial charge in [0.2, 0.25) is 0 Å². The number of nitrogens with two attached hydrogens (primary N) is 1. The highest BCUT2D eigenvalue weighted by Gasteiger charge is 2.11. The van der Waals surface area contributed by atoms with Crippen LogP contribution in [0.1, 0.15) is 5.56 Å². The topological polar surface area (TPSA) is 52.3 Å². The summed E-state index contributed by atoms with van der Waals surface area (Å²) in [6.07, 6.45) is -0.306. The SMILES string of the molecule is COC(=O)Cc1cc(F)c(N)cc1F. The molecule has 0 radical (unpaired) electrons. The highest BCUT2D eigenvalue weighted by molar-refractivity contribution is 5.72. The monoisotopic (exact) mass is 201 g/mol. The molecule has 0 aliphatic carbocycles. The Balaban J connectivity index is 2.98. The lowest BCUT2D eigenvalue weighted by Crippen LogP contribution is -2.07. The van der Waals surface area contributed by atoms with Crippen LogP contribution in [0.15, 0.2) is 12.1 Å². The van der Waals surface area contributed by atoms with Gasteiger partial charge in [-0.1, -0.05) is 0 Å². The maximum Gasteiger partial charge on any atom is 0.310 e. The summed E-state index contributed by atoms with van der Waals surface area (Å²) in [5, 5.41) is 0. The van der Waals surface area contributed by atoms with Gasteiger partial charge in [0.05, 0.1) is 19.2 Å². The largest absolute Gasteiger partial charge is 0.469 e. The van der Waals surface area contributed by atoms with Crippen molar-refractivity contribution < 1.29 is 18.3 Å². The Morgan fingerprint density at radius 2 is 2.07 bits per heavy atom. The third-order valence-electron chi connectivity index (χ3n) is 1.73. The van der Waals surface area contributed by atoms with Gasteiger partial charge in [-0.2, -0.15) is 0 Å². The van der Waals surface area contributed by atoms with Crippen LogP contribution >= 0.6 is 0 Å². The van der Waals surface area contributed by atoms with E-state index in [9.17, 15) is 13.6 Å². The second-order valence-corrected chi connectivity index (χ2v) is 2.72. The normalized spacial score (nSPS) is 9.93. The van der Waals surface area contributed by atoms with E-state index >= 15 is 0 Å². The number of rotatable bonds is 2. The van der Waals surface area contributed by atoms with E-state index in [0.29, 0.717) is 0 Å². The summed E-state index contributed by atoms with van der Waals surface area (Å²) >= 11 is 0. The van der Waals surface area contributed by atoms with E-state index in [1.165, 1.54) is 7.11 Å². The van der Waals surface area contributed by atoms with Gasteiger partial charge in [-0.3, -0.25) is 4.79 Å². The van der Waals surface area contributed by atoms with Crippen LogP contribution in [0.4, 0.5) is 14.5 Å². The first-order chi connectivity index (χ1) is 6.54. The zero-order chi connectivity index (χ0) is 10.7. The molecule has 2 N–H and O–H groups in total. The smallest absolute Gasteiger partial charge is 0.310 e. The Kier molecular flexibility index (Phi) is 3.01. The number of esters is 1. The maximum atomic E-state index is 13.1. The number of carbonyl (C=O) groups excluding carboxylic acids is 1. The summed E-state index contributed by atoms with van der Waals surface area (Å²) < 4.78 is 30.3. The third kappa shape index (κ3) is 2.18. The van der Waals surface area contributed by atoms with Gasteiger partial charge < -0.3 is 10.5 Å². The van der Waals surface area contributed by atoms with E-state index in [2.05, 4.69) is 4.74 Å². The molecule has 0 spiro atoms. The van der Waals surface area contributed by atoms with E-state index < -0.39 is 17.6 Å². The average Bonchev–Trinajstić information content (AvgIpc) is 2.14. The van der Waals surface area contributed by atoms with Crippen molar-refractivity contribution in [1.82, 2.24) is 0 Å². The van der Waals surface area contributed by atoms with Gasteiger partial charge in [-0.15, -0.1) is 0 Å². The van der Waals surface area contributed by atoms with Crippen LogP contribution in [0.2, 0.25) is 0 Å².